The summed E-state index contributed by atoms with van der Waals surface area (Å²) in [7, 11) is 3.84. The van der Waals surface area contributed by atoms with Gasteiger partial charge in [-0.05, 0) is 0 Å². The number of nitrogens with zero attached hydrogens (tertiary/aromatic N) is 2. The summed E-state index contributed by atoms with van der Waals surface area (Å²) in [4.78, 5) is 0. The van der Waals surface area contributed by atoms with E-state index in [1.807, 2.05) is 14.1 Å². The van der Waals surface area contributed by atoms with Gasteiger partial charge in [-0.15, -0.1) is 5.10 Å². The predicted octanol–water partition coefficient (Wildman–Crippen LogP) is -1.68. The molecule has 0 aromatic rings. The SMILES string of the molecule is C[N+]1(C)CCC([O-])=N1.O. The van der Waals surface area contributed by atoms with Gasteiger partial charge in [-0.3, -0.25) is 0 Å². The van der Waals surface area contributed by atoms with Crippen molar-refractivity contribution in [3.8, 4) is 0 Å². The molecule has 4 heteroatoms. The highest BCUT2D eigenvalue weighted by atomic mass is 16.3. The van der Waals surface area contributed by atoms with Crippen molar-refractivity contribution in [1.82, 2.24) is 0 Å². The van der Waals surface area contributed by atoms with Crippen LogP contribution in [0.25, 0.3) is 0 Å². The molecule has 0 saturated heterocycles. The lowest BCUT2D eigenvalue weighted by molar-refractivity contribution is -0.891. The van der Waals surface area contributed by atoms with Gasteiger partial charge < -0.3 is 10.6 Å². The van der Waals surface area contributed by atoms with Gasteiger partial charge in [0.25, 0.3) is 0 Å². The molecule has 0 bridgehead atoms. The van der Waals surface area contributed by atoms with Crippen molar-refractivity contribution in [3.05, 3.63) is 0 Å². The Morgan fingerprint density at radius 1 is 1.56 bits per heavy atom. The lowest BCUT2D eigenvalue weighted by atomic mass is 10.4. The molecule has 1 rings (SSSR count). The fourth-order valence-electron chi connectivity index (χ4n) is 0.771. The molecule has 4 nitrogen and oxygen atoms in total. The first-order valence-electron chi connectivity index (χ1n) is 2.69. The first-order chi connectivity index (χ1) is 3.60. The molecule has 0 spiro atoms. The summed E-state index contributed by atoms with van der Waals surface area (Å²) in [5.41, 5.74) is 0. The van der Waals surface area contributed by atoms with E-state index in [0.29, 0.717) is 11.0 Å². The summed E-state index contributed by atoms with van der Waals surface area (Å²) in [5.74, 6) is 0.0370. The van der Waals surface area contributed by atoms with Gasteiger partial charge in [0.2, 0.25) is 0 Å². The average Bonchev–Trinajstić information content (AvgIpc) is 1.82. The molecular weight excluding hydrogens is 120 g/mol. The van der Waals surface area contributed by atoms with Gasteiger partial charge in [0.05, 0.1) is 14.1 Å². The zero-order valence-electron chi connectivity index (χ0n) is 5.72. The van der Waals surface area contributed by atoms with Crippen LogP contribution in [0.4, 0.5) is 0 Å². The second-order valence-electron chi connectivity index (χ2n) is 2.59. The molecule has 0 saturated carbocycles. The van der Waals surface area contributed by atoms with E-state index in [1.165, 1.54) is 0 Å². The molecule has 1 aliphatic heterocycles. The summed E-state index contributed by atoms with van der Waals surface area (Å²) in [6.07, 6.45) is 0.618. The summed E-state index contributed by atoms with van der Waals surface area (Å²) < 4.78 is 0.513. The summed E-state index contributed by atoms with van der Waals surface area (Å²) in [5, 5.41) is 14.3. The third-order valence-electron chi connectivity index (χ3n) is 1.26. The fraction of sp³-hybridized carbons (Fsp3) is 0.800. The van der Waals surface area contributed by atoms with Gasteiger partial charge in [-0.1, -0.05) is 0 Å². The monoisotopic (exact) mass is 132 g/mol. The van der Waals surface area contributed by atoms with Gasteiger partial charge in [0.15, 0.2) is 0 Å². The largest absolute Gasteiger partial charge is 0.858 e. The molecule has 0 fully saturated rings. The van der Waals surface area contributed by atoms with Crippen molar-refractivity contribution in [2.45, 2.75) is 6.42 Å². The number of hydrogen-bond donors (Lipinski definition) is 0. The fourth-order valence-corrected chi connectivity index (χ4v) is 0.771. The van der Waals surface area contributed by atoms with Gasteiger partial charge in [-0.25, -0.2) is 4.59 Å². The van der Waals surface area contributed by atoms with Crippen LogP contribution in [-0.2, 0) is 0 Å². The van der Waals surface area contributed by atoms with Crippen LogP contribution in [0.1, 0.15) is 6.42 Å². The van der Waals surface area contributed by atoms with E-state index in [0.717, 1.165) is 6.54 Å². The molecule has 0 unspecified atom stereocenters. The van der Waals surface area contributed by atoms with Crippen LogP contribution in [0.3, 0.4) is 0 Å². The molecule has 1 heterocycles. The van der Waals surface area contributed by atoms with E-state index >= 15 is 0 Å². The van der Waals surface area contributed by atoms with Crippen LogP contribution in [0.5, 0.6) is 0 Å². The Bertz CT molecular complexity index is 131. The normalized spacial score (nSPS) is 22.7. The van der Waals surface area contributed by atoms with Gasteiger partial charge in [0, 0.05) is 12.3 Å². The van der Waals surface area contributed by atoms with E-state index in [9.17, 15) is 5.11 Å². The van der Waals surface area contributed by atoms with E-state index in [4.69, 9.17) is 0 Å². The summed E-state index contributed by atoms with van der Waals surface area (Å²) >= 11 is 0. The van der Waals surface area contributed by atoms with Crippen LogP contribution in [-0.4, -0.2) is 36.6 Å². The minimum absolute atomic E-state index is 0. The van der Waals surface area contributed by atoms with E-state index in [1.54, 1.807) is 0 Å². The molecule has 0 atom stereocenters. The molecule has 0 aromatic carbocycles. The zero-order valence-corrected chi connectivity index (χ0v) is 5.72. The van der Waals surface area contributed by atoms with Gasteiger partial charge >= 0.3 is 0 Å². The van der Waals surface area contributed by atoms with Crippen molar-refractivity contribution in [1.29, 1.82) is 0 Å². The number of rotatable bonds is 0. The first kappa shape index (κ1) is 8.39. The van der Waals surface area contributed by atoms with Crippen molar-refractivity contribution in [2.75, 3.05) is 20.6 Å². The quantitative estimate of drug-likeness (QED) is 0.363. The second kappa shape index (κ2) is 2.33. The molecule has 9 heavy (non-hydrogen) atoms. The van der Waals surface area contributed by atoms with Crippen LogP contribution in [0.15, 0.2) is 5.10 Å². The minimum Gasteiger partial charge on any atom is -0.858 e. The zero-order chi connectivity index (χ0) is 6.20. The average molecular weight is 132 g/mol. The molecule has 0 amide bonds. The molecule has 0 radical (unpaired) electrons. The van der Waals surface area contributed by atoms with E-state index in [2.05, 4.69) is 5.10 Å². The number of hydrogen-bond acceptors (Lipinski definition) is 2. The highest BCUT2D eigenvalue weighted by Gasteiger charge is 2.18. The summed E-state index contributed by atoms with van der Waals surface area (Å²) in [6, 6.07) is 0. The van der Waals surface area contributed by atoms with Crippen LogP contribution >= 0.6 is 0 Å². The Kier molecular flexibility index (Phi) is 2.17. The van der Waals surface area contributed by atoms with Gasteiger partial charge in [0.1, 0.15) is 6.54 Å². The highest BCUT2D eigenvalue weighted by molar-refractivity contribution is 5.71. The standard InChI is InChI=1S/C5H10N2O.H2O/c1-7(2)4-3-5(8)6-7;/h3-4H2,1-2H3;1H2. The topological polar surface area (TPSA) is 66.9 Å². The Morgan fingerprint density at radius 3 is 2.22 bits per heavy atom. The van der Waals surface area contributed by atoms with E-state index in [-0.39, 0.29) is 11.4 Å². The maximum absolute atomic E-state index is 10.5. The van der Waals surface area contributed by atoms with Crippen molar-refractivity contribution in [3.63, 3.8) is 0 Å². The molecule has 0 aromatic heterocycles. The maximum Gasteiger partial charge on any atom is 0.107 e. The molecule has 2 N–H and O–H groups in total. The van der Waals surface area contributed by atoms with Crippen LogP contribution < -0.4 is 5.11 Å². The minimum atomic E-state index is 0. The predicted molar refractivity (Wildman–Crippen MR) is 32.6 cm³/mol. The second-order valence-corrected chi connectivity index (χ2v) is 2.59. The smallest absolute Gasteiger partial charge is 0.107 e. The third-order valence-corrected chi connectivity index (χ3v) is 1.26. The maximum atomic E-state index is 10.5. The Labute approximate surface area is 54.3 Å². The van der Waals surface area contributed by atoms with Crippen LogP contribution in [0, 0.1) is 0 Å². The number of quaternary nitrogens is 1. The van der Waals surface area contributed by atoms with Crippen molar-refractivity contribution < 1.29 is 15.2 Å². The molecule has 0 aliphatic carbocycles. The first-order valence-corrected chi connectivity index (χ1v) is 2.69. The summed E-state index contributed by atoms with van der Waals surface area (Å²) in [6.45, 7) is 0.860. The highest BCUT2D eigenvalue weighted by Crippen LogP contribution is 2.07. The lowest BCUT2D eigenvalue weighted by Gasteiger charge is -2.15. The lowest BCUT2D eigenvalue weighted by Crippen LogP contribution is -2.30. The third kappa shape index (κ3) is 1.99. The van der Waals surface area contributed by atoms with Gasteiger partial charge in [-0.2, -0.15) is 0 Å². The van der Waals surface area contributed by atoms with E-state index < -0.39 is 0 Å². The Morgan fingerprint density at radius 2 is 2.11 bits per heavy atom. The van der Waals surface area contributed by atoms with Crippen LogP contribution in [0.2, 0.25) is 0 Å². The Balaban J connectivity index is 0.000000640. The molecule has 54 valence electrons. The molecule has 1 aliphatic rings. The van der Waals surface area contributed by atoms with Crippen molar-refractivity contribution >= 4 is 5.90 Å². The molecular formula is C5H12N2O2. The van der Waals surface area contributed by atoms with Crippen molar-refractivity contribution in [2.24, 2.45) is 5.10 Å². The Hall–Kier alpha value is -0.610.